The number of aliphatic hydroxyl groups excluding tert-OH is 1. The second kappa shape index (κ2) is 9.70. The van der Waals surface area contributed by atoms with E-state index in [1.54, 1.807) is 6.07 Å². The lowest BCUT2D eigenvalue weighted by molar-refractivity contribution is -0.138. The Morgan fingerprint density at radius 2 is 1.91 bits per heavy atom. The second-order valence-corrected chi connectivity index (χ2v) is 8.45. The van der Waals surface area contributed by atoms with Gasteiger partial charge in [0, 0.05) is 38.8 Å². The molecule has 33 heavy (non-hydrogen) atoms. The number of aromatic nitrogens is 2. The van der Waals surface area contributed by atoms with Gasteiger partial charge in [0.05, 0.1) is 42.5 Å². The van der Waals surface area contributed by atoms with Crippen molar-refractivity contribution in [1.29, 1.82) is 0 Å². The second-order valence-electron chi connectivity index (χ2n) is 8.45. The Balaban J connectivity index is 1.78. The molecule has 6 nitrogen and oxygen atoms in total. The summed E-state index contributed by atoms with van der Waals surface area (Å²) in [5, 5.41) is 9.29. The van der Waals surface area contributed by atoms with E-state index in [0.717, 1.165) is 41.9 Å². The Morgan fingerprint density at radius 3 is 2.61 bits per heavy atom. The highest BCUT2D eigenvalue weighted by molar-refractivity contribution is 5.55. The molecule has 0 bridgehead atoms. The van der Waals surface area contributed by atoms with Gasteiger partial charge < -0.3 is 19.1 Å². The van der Waals surface area contributed by atoms with Crippen LogP contribution in [0.3, 0.4) is 0 Å². The van der Waals surface area contributed by atoms with Crippen molar-refractivity contribution >= 4 is 11.3 Å². The summed E-state index contributed by atoms with van der Waals surface area (Å²) in [5.74, 6) is 0. The third-order valence-corrected chi connectivity index (χ3v) is 6.17. The highest BCUT2D eigenvalue weighted by Crippen LogP contribution is 2.34. The number of anilines is 1. The average Bonchev–Trinajstić information content (AvgIpc) is 3.11. The first-order valence-corrected chi connectivity index (χ1v) is 11.1. The number of hydrogen-bond acceptors (Lipinski definition) is 5. The fourth-order valence-electron chi connectivity index (χ4n) is 4.32. The first kappa shape index (κ1) is 23.5. The quantitative estimate of drug-likeness (QED) is 0.583. The van der Waals surface area contributed by atoms with Crippen LogP contribution in [-0.4, -0.2) is 65.9 Å². The summed E-state index contributed by atoms with van der Waals surface area (Å²) in [6.45, 7) is 5.41. The molecule has 0 radical (unpaired) electrons. The number of imidazole rings is 1. The van der Waals surface area contributed by atoms with Crippen LogP contribution in [0.5, 0.6) is 0 Å². The Hall–Kier alpha value is -2.62. The number of pyridine rings is 1. The van der Waals surface area contributed by atoms with Crippen LogP contribution in [0.15, 0.2) is 36.5 Å². The minimum atomic E-state index is -4.40. The maximum Gasteiger partial charge on any atom is 0.416 e. The highest BCUT2D eigenvalue weighted by atomic mass is 19.4. The third kappa shape index (κ3) is 5.15. The molecule has 2 aromatic heterocycles. The van der Waals surface area contributed by atoms with E-state index in [4.69, 9.17) is 9.72 Å². The smallest absolute Gasteiger partial charge is 0.395 e. The Bertz CT molecular complexity index is 1110. The van der Waals surface area contributed by atoms with E-state index in [2.05, 4.69) is 4.90 Å². The maximum absolute atomic E-state index is 13.5. The molecular formula is C24H29F3N4O2. The Kier molecular flexibility index (Phi) is 6.92. The molecule has 0 amide bonds. The largest absolute Gasteiger partial charge is 0.416 e. The molecule has 3 heterocycles. The van der Waals surface area contributed by atoms with Crippen molar-refractivity contribution in [3.63, 3.8) is 0 Å². The van der Waals surface area contributed by atoms with Gasteiger partial charge in [0.1, 0.15) is 5.65 Å². The van der Waals surface area contributed by atoms with Crippen molar-refractivity contribution in [2.75, 3.05) is 51.4 Å². The predicted molar refractivity (Wildman–Crippen MR) is 121 cm³/mol. The average molecular weight is 463 g/mol. The number of alkyl halides is 3. The van der Waals surface area contributed by atoms with E-state index < -0.39 is 11.7 Å². The van der Waals surface area contributed by atoms with Gasteiger partial charge in [0.2, 0.25) is 0 Å². The predicted octanol–water partition coefficient (Wildman–Crippen LogP) is 3.51. The normalized spacial score (nSPS) is 15.1. The zero-order valence-electron chi connectivity index (χ0n) is 18.9. The number of morpholine rings is 1. The molecular weight excluding hydrogens is 433 g/mol. The first-order valence-electron chi connectivity index (χ1n) is 11.1. The highest BCUT2D eigenvalue weighted by Gasteiger charge is 2.33. The van der Waals surface area contributed by atoms with Crippen molar-refractivity contribution in [3.8, 4) is 0 Å². The summed E-state index contributed by atoms with van der Waals surface area (Å²) in [6, 6.07) is 8.30. The minimum absolute atomic E-state index is 0.0210. The number of likely N-dealkylation sites (N-methyl/N-ethyl adjacent to an activating group) is 1. The van der Waals surface area contributed by atoms with Gasteiger partial charge in [-0.2, -0.15) is 13.2 Å². The molecule has 0 unspecified atom stereocenters. The van der Waals surface area contributed by atoms with E-state index in [1.165, 1.54) is 13.0 Å². The molecule has 3 aromatic rings. The third-order valence-electron chi connectivity index (χ3n) is 6.17. The van der Waals surface area contributed by atoms with E-state index in [0.29, 0.717) is 38.3 Å². The van der Waals surface area contributed by atoms with Crippen molar-refractivity contribution < 1.29 is 23.0 Å². The summed E-state index contributed by atoms with van der Waals surface area (Å²) in [6.07, 6.45) is -2.06. The van der Waals surface area contributed by atoms with Crippen LogP contribution in [0.25, 0.3) is 5.65 Å². The molecule has 1 aromatic carbocycles. The van der Waals surface area contributed by atoms with Gasteiger partial charge in [0.25, 0.3) is 0 Å². The zero-order chi connectivity index (χ0) is 23.6. The van der Waals surface area contributed by atoms with Crippen molar-refractivity contribution in [2.24, 2.45) is 0 Å². The molecule has 0 atom stereocenters. The van der Waals surface area contributed by atoms with E-state index in [9.17, 15) is 18.3 Å². The summed E-state index contributed by atoms with van der Waals surface area (Å²) >= 11 is 0. The van der Waals surface area contributed by atoms with E-state index in [1.807, 2.05) is 34.7 Å². The van der Waals surface area contributed by atoms with Gasteiger partial charge >= 0.3 is 6.18 Å². The van der Waals surface area contributed by atoms with Crippen molar-refractivity contribution in [2.45, 2.75) is 26.1 Å². The van der Waals surface area contributed by atoms with Crippen LogP contribution >= 0.6 is 0 Å². The van der Waals surface area contributed by atoms with Crippen LogP contribution in [0, 0.1) is 6.92 Å². The van der Waals surface area contributed by atoms with Crippen LogP contribution in [0.4, 0.5) is 18.9 Å². The summed E-state index contributed by atoms with van der Waals surface area (Å²) in [4.78, 5) is 8.98. The van der Waals surface area contributed by atoms with Gasteiger partial charge in [-0.3, -0.25) is 4.90 Å². The van der Waals surface area contributed by atoms with E-state index >= 15 is 0 Å². The fraction of sp³-hybridized carbons (Fsp3) is 0.458. The molecule has 1 fully saturated rings. The van der Waals surface area contributed by atoms with Crippen LogP contribution in [0.1, 0.15) is 28.1 Å². The number of benzene rings is 1. The monoisotopic (exact) mass is 462 g/mol. The maximum atomic E-state index is 13.5. The number of nitrogens with zero attached hydrogens (tertiary/aromatic N) is 4. The number of hydrogen-bond donors (Lipinski definition) is 1. The van der Waals surface area contributed by atoms with Crippen LogP contribution < -0.4 is 4.90 Å². The van der Waals surface area contributed by atoms with E-state index in [-0.39, 0.29) is 12.2 Å². The SMILES string of the molecule is Cc1c(Cc2c(CN(C)CCO)nc3ccc(N4CCOCC4)cn23)cccc1C(F)(F)F. The Morgan fingerprint density at radius 1 is 1.15 bits per heavy atom. The fourth-order valence-corrected chi connectivity index (χ4v) is 4.32. The standard InChI is InChI=1S/C24H29F3N4O2/c1-17-18(4-3-5-20(17)24(25,26)27)14-22-21(16-29(2)8-11-32)28-23-7-6-19(15-31(22)23)30-9-12-33-13-10-30/h3-7,15,32H,8-14,16H2,1-2H3. The van der Waals surface area contributed by atoms with Crippen LogP contribution in [-0.2, 0) is 23.9 Å². The van der Waals surface area contributed by atoms with Crippen LogP contribution in [0.2, 0.25) is 0 Å². The molecule has 1 aliphatic heterocycles. The van der Waals surface area contributed by atoms with Crippen molar-refractivity contribution in [3.05, 3.63) is 64.6 Å². The minimum Gasteiger partial charge on any atom is -0.395 e. The number of ether oxygens (including phenoxy) is 1. The molecule has 178 valence electrons. The lowest BCUT2D eigenvalue weighted by Gasteiger charge is -2.28. The lowest BCUT2D eigenvalue weighted by atomic mass is 9.98. The molecule has 1 N–H and O–H groups in total. The molecule has 1 saturated heterocycles. The summed E-state index contributed by atoms with van der Waals surface area (Å²) < 4.78 is 47.9. The first-order chi connectivity index (χ1) is 15.8. The molecule has 0 saturated carbocycles. The number of fused-ring (bicyclic) bond motifs is 1. The van der Waals surface area contributed by atoms with Gasteiger partial charge in [0.15, 0.2) is 0 Å². The topological polar surface area (TPSA) is 53.2 Å². The van der Waals surface area contributed by atoms with Gasteiger partial charge in [-0.15, -0.1) is 0 Å². The Labute approximate surface area is 191 Å². The zero-order valence-corrected chi connectivity index (χ0v) is 18.9. The van der Waals surface area contributed by atoms with Crippen molar-refractivity contribution in [1.82, 2.24) is 14.3 Å². The molecule has 9 heteroatoms. The molecule has 1 aliphatic rings. The molecule has 4 rings (SSSR count). The van der Waals surface area contributed by atoms with Gasteiger partial charge in [-0.25, -0.2) is 4.98 Å². The van der Waals surface area contributed by atoms with Gasteiger partial charge in [-0.05, 0) is 43.3 Å². The summed E-state index contributed by atoms with van der Waals surface area (Å²) in [5.41, 5.74) is 3.67. The van der Waals surface area contributed by atoms with Gasteiger partial charge in [-0.1, -0.05) is 12.1 Å². The number of aliphatic hydroxyl groups is 1. The lowest BCUT2D eigenvalue weighted by Crippen LogP contribution is -2.36. The molecule has 0 aliphatic carbocycles. The number of halogens is 3. The molecule has 0 spiro atoms. The summed E-state index contributed by atoms with van der Waals surface area (Å²) in [7, 11) is 1.89. The number of rotatable bonds is 7.